The molecule has 0 unspecified atom stereocenters. The van der Waals surface area contributed by atoms with Crippen LogP contribution >= 0.6 is 0 Å². The van der Waals surface area contributed by atoms with Gasteiger partial charge in [0.05, 0.1) is 12.7 Å². The number of nitrogens with one attached hydrogen (secondary N) is 1. The van der Waals surface area contributed by atoms with Gasteiger partial charge in [-0.25, -0.2) is 0 Å². The molecule has 194 valence electrons. The van der Waals surface area contributed by atoms with E-state index < -0.39 is 13.9 Å². The standard InChI is InChI=1S/C32H45NO2Si/c1-26(2)23-33-24-30(35-36(6,7)31(3,4)5)25-34-32(27-17-11-8-12-18-27,28-19-13-9-14-20-28)29-21-15-10-16-22-29/h8-22,26,30,33H,23-25H2,1-7H3/t30-/m0/s1. The molecule has 3 aromatic rings. The van der Waals surface area contributed by atoms with Gasteiger partial charge in [0.2, 0.25) is 0 Å². The van der Waals surface area contributed by atoms with Gasteiger partial charge in [-0.3, -0.25) is 0 Å². The van der Waals surface area contributed by atoms with Gasteiger partial charge in [0.25, 0.3) is 0 Å². The number of hydrogen-bond acceptors (Lipinski definition) is 3. The highest BCUT2D eigenvalue weighted by atomic mass is 28.4. The summed E-state index contributed by atoms with van der Waals surface area (Å²) >= 11 is 0. The first kappa shape index (κ1) is 28.3. The maximum Gasteiger partial charge on any atom is 0.192 e. The fraction of sp³-hybridized carbons (Fsp3) is 0.438. The van der Waals surface area contributed by atoms with E-state index >= 15 is 0 Å². The second-order valence-corrected chi connectivity index (χ2v) is 16.4. The van der Waals surface area contributed by atoms with Crippen molar-refractivity contribution < 1.29 is 9.16 Å². The van der Waals surface area contributed by atoms with Gasteiger partial charge < -0.3 is 14.5 Å². The second kappa shape index (κ2) is 12.3. The van der Waals surface area contributed by atoms with Crippen LogP contribution in [0.15, 0.2) is 91.0 Å². The summed E-state index contributed by atoms with van der Waals surface area (Å²) in [5.41, 5.74) is 2.60. The number of hydrogen-bond donors (Lipinski definition) is 1. The highest BCUT2D eigenvalue weighted by molar-refractivity contribution is 6.74. The molecule has 0 saturated carbocycles. The van der Waals surface area contributed by atoms with E-state index in [9.17, 15) is 0 Å². The molecule has 36 heavy (non-hydrogen) atoms. The molecule has 0 saturated heterocycles. The summed E-state index contributed by atoms with van der Waals surface area (Å²) in [7, 11) is -2.00. The normalized spacial score (nSPS) is 13.7. The maximum atomic E-state index is 7.12. The van der Waals surface area contributed by atoms with Gasteiger partial charge in [-0.15, -0.1) is 0 Å². The van der Waals surface area contributed by atoms with Crippen LogP contribution in [0.25, 0.3) is 0 Å². The third-order valence-corrected chi connectivity index (χ3v) is 11.8. The Balaban J connectivity index is 2.03. The Morgan fingerprint density at radius 1 is 0.694 bits per heavy atom. The minimum atomic E-state index is -2.00. The molecule has 0 bridgehead atoms. The van der Waals surface area contributed by atoms with Crippen LogP contribution in [0.3, 0.4) is 0 Å². The van der Waals surface area contributed by atoms with E-state index in [1.54, 1.807) is 0 Å². The van der Waals surface area contributed by atoms with Crippen molar-refractivity contribution >= 4 is 8.32 Å². The molecule has 3 rings (SSSR count). The fourth-order valence-electron chi connectivity index (χ4n) is 4.25. The van der Waals surface area contributed by atoms with Crippen LogP contribution in [0.5, 0.6) is 0 Å². The van der Waals surface area contributed by atoms with E-state index in [1.165, 1.54) is 0 Å². The van der Waals surface area contributed by atoms with Crippen molar-refractivity contribution in [3.63, 3.8) is 0 Å². The molecule has 1 atom stereocenters. The van der Waals surface area contributed by atoms with Crippen LogP contribution in [0.4, 0.5) is 0 Å². The average Bonchev–Trinajstić information content (AvgIpc) is 2.85. The minimum Gasteiger partial charge on any atom is -0.410 e. The molecule has 0 fully saturated rings. The van der Waals surface area contributed by atoms with Crippen molar-refractivity contribution in [2.24, 2.45) is 5.92 Å². The van der Waals surface area contributed by atoms with Crippen LogP contribution in [0.1, 0.15) is 51.3 Å². The van der Waals surface area contributed by atoms with Crippen LogP contribution in [0, 0.1) is 5.92 Å². The Morgan fingerprint density at radius 3 is 1.47 bits per heavy atom. The van der Waals surface area contributed by atoms with Gasteiger partial charge in [0, 0.05) is 6.54 Å². The molecule has 4 heteroatoms. The molecule has 0 heterocycles. The van der Waals surface area contributed by atoms with Crippen molar-refractivity contribution in [2.45, 2.75) is 64.5 Å². The molecule has 1 N–H and O–H groups in total. The fourth-order valence-corrected chi connectivity index (χ4v) is 5.59. The van der Waals surface area contributed by atoms with Crippen LogP contribution in [-0.2, 0) is 14.8 Å². The molecule has 0 aliphatic rings. The van der Waals surface area contributed by atoms with Gasteiger partial charge >= 0.3 is 0 Å². The van der Waals surface area contributed by atoms with Gasteiger partial charge in [-0.1, -0.05) is 126 Å². The lowest BCUT2D eigenvalue weighted by Crippen LogP contribution is -2.49. The molecule has 0 aromatic heterocycles. The summed E-state index contributed by atoms with van der Waals surface area (Å²) in [6, 6.07) is 31.7. The Bertz CT molecular complexity index is 933. The van der Waals surface area contributed by atoms with Crippen molar-refractivity contribution in [3.8, 4) is 0 Å². The van der Waals surface area contributed by atoms with Crippen molar-refractivity contribution in [2.75, 3.05) is 19.7 Å². The first-order valence-corrected chi connectivity index (χ1v) is 16.2. The Morgan fingerprint density at radius 2 is 1.11 bits per heavy atom. The predicted molar refractivity (Wildman–Crippen MR) is 155 cm³/mol. The summed E-state index contributed by atoms with van der Waals surface area (Å²) in [4.78, 5) is 0. The summed E-state index contributed by atoms with van der Waals surface area (Å²) in [5.74, 6) is 0.580. The van der Waals surface area contributed by atoms with Crippen LogP contribution < -0.4 is 5.32 Å². The molecule has 0 aliphatic carbocycles. The van der Waals surface area contributed by atoms with Crippen LogP contribution in [-0.4, -0.2) is 34.1 Å². The highest BCUT2D eigenvalue weighted by Crippen LogP contribution is 2.41. The third kappa shape index (κ3) is 6.95. The number of rotatable bonds is 12. The molecular weight excluding hydrogens is 458 g/mol. The number of ether oxygens (including phenoxy) is 1. The molecule has 3 nitrogen and oxygen atoms in total. The topological polar surface area (TPSA) is 30.5 Å². The molecule has 0 aliphatic heterocycles. The zero-order valence-electron chi connectivity index (χ0n) is 23.3. The highest BCUT2D eigenvalue weighted by Gasteiger charge is 2.41. The third-order valence-electron chi connectivity index (χ3n) is 7.22. The van der Waals surface area contributed by atoms with E-state index in [2.05, 4.69) is 144 Å². The quantitative estimate of drug-likeness (QED) is 0.204. The predicted octanol–water partition coefficient (Wildman–Crippen LogP) is 7.63. The van der Waals surface area contributed by atoms with Gasteiger partial charge in [0.1, 0.15) is 5.60 Å². The lowest BCUT2D eigenvalue weighted by atomic mass is 9.80. The maximum absolute atomic E-state index is 7.12. The molecule has 0 amide bonds. The minimum absolute atomic E-state index is 0.0554. The lowest BCUT2D eigenvalue weighted by Gasteiger charge is -2.41. The van der Waals surface area contributed by atoms with Gasteiger partial charge in [-0.05, 0) is 47.3 Å². The SMILES string of the molecule is CC(C)CNC[C@@H](COC(c1ccccc1)(c1ccccc1)c1ccccc1)O[Si](C)(C)C(C)(C)C. The largest absolute Gasteiger partial charge is 0.410 e. The summed E-state index contributed by atoms with van der Waals surface area (Å²) in [5, 5.41) is 3.76. The van der Waals surface area contributed by atoms with Crippen LogP contribution in [0.2, 0.25) is 18.1 Å². The average molecular weight is 504 g/mol. The molecule has 0 radical (unpaired) electrons. The van der Waals surface area contributed by atoms with Crippen molar-refractivity contribution in [1.29, 1.82) is 0 Å². The molecular formula is C32H45NO2Si. The first-order valence-electron chi connectivity index (χ1n) is 13.3. The summed E-state index contributed by atoms with van der Waals surface area (Å²) < 4.78 is 14.1. The van der Waals surface area contributed by atoms with E-state index in [0.717, 1.165) is 29.8 Å². The van der Waals surface area contributed by atoms with Gasteiger partial charge in [0.15, 0.2) is 8.32 Å². The Hall–Kier alpha value is -2.24. The Labute approximate surface area is 220 Å². The molecule has 3 aromatic carbocycles. The Kier molecular flexibility index (Phi) is 9.70. The molecule has 0 spiro atoms. The van der Waals surface area contributed by atoms with E-state index in [4.69, 9.17) is 9.16 Å². The number of benzene rings is 3. The second-order valence-electron chi connectivity index (χ2n) is 11.6. The summed E-state index contributed by atoms with van der Waals surface area (Å²) in [6.45, 7) is 18.2. The smallest absolute Gasteiger partial charge is 0.192 e. The van der Waals surface area contributed by atoms with Gasteiger partial charge in [-0.2, -0.15) is 0 Å². The van der Waals surface area contributed by atoms with E-state index in [-0.39, 0.29) is 11.1 Å². The lowest BCUT2D eigenvalue weighted by molar-refractivity contribution is -0.0334. The van der Waals surface area contributed by atoms with E-state index in [1.807, 2.05) is 0 Å². The van der Waals surface area contributed by atoms with Crippen molar-refractivity contribution in [1.82, 2.24) is 5.32 Å². The first-order chi connectivity index (χ1) is 17.1. The zero-order chi connectivity index (χ0) is 26.2. The van der Waals surface area contributed by atoms with E-state index in [0.29, 0.717) is 12.5 Å². The monoisotopic (exact) mass is 503 g/mol. The summed E-state index contributed by atoms with van der Waals surface area (Å²) in [6.07, 6.45) is -0.0554. The zero-order valence-corrected chi connectivity index (χ0v) is 24.3. The van der Waals surface area contributed by atoms with Crippen molar-refractivity contribution in [3.05, 3.63) is 108 Å².